The van der Waals surface area contributed by atoms with E-state index in [4.69, 9.17) is 4.74 Å². The van der Waals surface area contributed by atoms with Crippen LogP contribution in [0.1, 0.15) is 40.0 Å². The fourth-order valence-electron chi connectivity index (χ4n) is 3.64. The van der Waals surface area contributed by atoms with E-state index in [1.165, 1.54) is 0 Å². The zero-order chi connectivity index (χ0) is 24.1. The smallest absolute Gasteiger partial charge is 0.264 e. The molecule has 2 amide bonds. The van der Waals surface area contributed by atoms with Gasteiger partial charge in [0.1, 0.15) is 23.2 Å². The van der Waals surface area contributed by atoms with Crippen LogP contribution in [0.15, 0.2) is 89.4 Å². The van der Waals surface area contributed by atoms with Crippen LogP contribution >= 0.6 is 0 Å². The van der Waals surface area contributed by atoms with Crippen LogP contribution in [0.2, 0.25) is 0 Å². The molecular formula is C27H22N4O3. The molecule has 2 N–H and O–H groups in total. The quantitative estimate of drug-likeness (QED) is 0.453. The molecule has 0 unspecified atom stereocenters. The lowest BCUT2D eigenvalue weighted by Crippen LogP contribution is -2.30. The van der Waals surface area contributed by atoms with Crippen molar-refractivity contribution in [2.45, 2.75) is 13.0 Å². The maximum atomic E-state index is 13.0. The Labute approximate surface area is 197 Å². The number of nitrogens with zero attached hydrogens (tertiary/aromatic N) is 2. The van der Waals surface area contributed by atoms with E-state index in [9.17, 15) is 14.9 Å². The molecule has 3 aromatic carbocycles. The Bertz CT molecular complexity index is 1340. The van der Waals surface area contributed by atoms with Crippen molar-refractivity contribution in [3.05, 3.63) is 107 Å². The van der Waals surface area contributed by atoms with E-state index in [1.807, 2.05) is 43.3 Å². The summed E-state index contributed by atoms with van der Waals surface area (Å²) in [5.74, 6) is 0.0241. The van der Waals surface area contributed by atoms with E-state index in [0.717, 1.165) is 5.56 Å². The molecule has 3 aromatic rings. The number of ether oxygens (including phenoxy) is 1. The van der Waals surface area contributed by atoms with Gasteiger partial charge in [-0.2, -0.15) is 5.26 Å². The van der Waals surface area contributed by atoms with Crippen LogP contribution in [0, 0.1) is 11.3 Å². The molecule has 7 heteroatoms. The molecule has 0 saturated heterocycles. The summed E-state index contributed by atoms with van der Waals surface area (Å²) in [6, 6.07) is 25.0. The first-order chi connectivity index (χ1) is 16.5. The van der Waals surface area contributed by atoms with Gasteiger partial charge in [0, 0.05) is 16.7 Å². The van der Waals surface area contributed by atoms with Gasteiger partial charge >= 0.3 is 0 Å². The molecule has 168 valence electrons. The summed E-state index contributed by atoms with van der Waals surface area (Å²) in [6.07, 6.45) is 0. The van der Waals surface area contributed by atoms with E-state index >= 15 is 0 Å². The van der Waals surface area contributed by atoms with Crippen LogP contribution in [0.4, 0.5) is 0 Å². The highest BCUT2D eigenvalue weighted by atomic mass is 16.5. The van der Waals surface area contributed by atoms with Gasteiger partial charge in [-0.1, -0.05) is 54.6 Å². The molecule has 1 atom stereocenters. The summed E-state index contributed by atoms with van der Waals surface area (Å²) in [5, 5.41) is 15.5. The molecule has 0 spiro atoms. The second-order valence-corrected chi connectivity index (χ2v) is 7.63. The predicted octanol–water partition coefficient (Wildman–Crippen LogP) is 4.00. The molecule has 0 aliphatic carbocycles. The van der Waals surface area contributed by atoms with Crippen molar-refractivity contribution < 1.29 is 14.3 Å². The van der Waals surface area contributed by atoms with Crippen molar-refractivity contribution >= 4 is 23.3 Å². The molecule has 0 fully saturated rings. The molecule has 7 nitrogen and oxygen atoms in total. The average Bonchev–Trinajstić information content (AvgIpc) is 3.23. The number of aliphatic imine (C=N–C) groups is 1. The Morgan fingerprint density at radius 2 is 1.59 bits per heavy atom. The van der Waals surface area contributed by atoms with Crippen molar-refractivity contribution in [3.8, 4) is 11.8 Å². The molecule has 1 aliphatic rings. The number of nitriles is 1. The van der Waals surface area contributed by atoms with Gasteiger partial charge in [0.25, 0.3) is 11.8 Å². The number of amidine groups is 1. The minimum absolute atomic E-state index is 0.121. The lowest BCUT2D eigenvalue weighted by molar-refractivity contribution is -0.117. The van der Waals surface area contributed by atoms with Crippen LogP contribution in [-0.2, 0) is 4.79 Å². The summed E-state index contributed by atoms with van der Waals surface area (Å²) in [5.41, 5.74) is 2.68. The van der Waals surface area contributed by atoms with Gasteiger partial charge in [0.15, 0.2) is 0 Å². The third kappa shape index (κ3) is 4.57. The van der Waals surface area contributed by atoms with Crippen molar-refractivity contribution in [2.75, 3.05) is 7.11 Å². The normalized spacial score (nSPS) is 14.2. The highest BCUT2D eigenvalue weighted by molar-refractivity contribution is 6.20. The van der Waals surface area contributed by atoms with E-state index < -0.39 is 5.91 Å². The molecule has 0 saturated carbocycles. The van der Waals surface area contributed by atoms with Crippen LogP contribution in [0.25, 0.3) is 5.70 Å². The number of carbonyl (C=O) groups excluding carboxylic acids is 2. The third-order valence-corrected chi connectivity index (χ3v) is 5.47. The fourth-order valence-corrected chi connectivity index (χ4v) is 3.64. The van der Waals surface area contributed by atoms with E-state index in [1.54, 1.807) is 55.6 Å². The van der Waals surface area contributed by atoms with Gasteiger partial charge in [0.2, 0.25) is 0 Å². The minimum Gasteiger partial charge on any atom is -0.497 e. The Kier molecular flexibility index (Phi) is 6.51. The molecule has 1 aliphatic heterocycles. The van der Waals surface area contributed by atoms with Gasteiger partial charge in [-0.05, 0) is 36.8 Å². The largest absolute Gasteiger partial charge is 0.497 e. The first-order valence-corrected chi connectivity index (χ1v) is 10.7. The Balaban J connectivity index is 1.64. The fraction of sp³-hybridized carbons (Fsp3) is 0.111. The lowest BCUT2D eigenvalue weighted by Gasteiger charge is -2.14. The standard InChI is InChI=1S/C27H22N4O3/c1-17(18-8-4-3-5-9-18)29-27(33)23(16-28)24-21-10-6-7-11-22(21)25(30-24)31-26(32)19-12-14-20(34-2)15-13-19/h3-15,17H,1-2H3,(H,29,33)(H,30,31,32)/b24-23+/t17-/m0/s1. The number of fused-ring (bicyclic) bond motifs is 1. The minimum atomic E-state index is -0.532. The number of rotatable bonds is 5. The third-order valence-electron chi connectivity index (χ3n) is 5.47. The molecule has 34 heavy (non-hydrogen) atoms. The maximum absolute atomic E-state index is 13.0. The van der Waals surface area contributed by atoms with Crippen molar-refractivity contribution in [1.29, 1.82) is 5.26 Å². The predicted molar refractivity (Wildman–Crippen MR) is 129 cm³/mol. The van der Waals surface area contributed by atoms with Gasteiger partial charge in [-0.25, -0.2) is 4.99 Å². The SMILES string of the molecule is COc1ccc(C(=O)NC2=N/C(=C(\C#N)C(=O)N[C@@H](C)c3ccccc3)c3ccccc32)cc1. The van der Waals surface area contributed by atoms with Gasteiger partial charge in [-0.15, -0.1) is 0 Å². The van der Waals surface area contributed by atoms with Crippen molar-refractivity contribution in [3.63, 3.8) is 0 Å². The van der Waals surface area contributed by atoms with Crippen LogP contribution in [0.5, 0.6) is 5.75 Å². The van der Waals surface area contributed by atoms with Crippen molar-refractivity contribution in [2.24, 2.45) is 4.99 Å². The Hall–Kier alpha value is -4.70. The number of hydrogen-bond acceptors (Lipinski definition) is 5. The average molecular weight is 450 g/mol. The number of hydrogen-bond donors (Lipinski definition) is 2. The number of nitrogens with one attached hydrogen (secondary N) is 2. The van der Waals surface area contributed by atoms with Crippen LogP contribution in [-0.4, -0.2) is 24.8 Å². The highest BCUT2D eigenvalue weighted by Crippen LogP contribution is 2.31. The van der Waals surface area contributed by atoms with Crippen molar-refractivity contribution in [1.82, 2.24) is 10.6 Å². The van der Waals surface area contributed by atoms with E-state index in [0.29, 0.717) is 22.4 Å². The molecule has 0 aromatic heterocycles. The first kappa shape index (κ1) is 22.5. The number of amides is 2. The highest BCUT2D eigenvalue weighted by Gasteiger charge is 2.28. The van der Waals surface area contributed by atoms with Crippen LogP contribution in [0.3, 0.4) is 0 Å². The Morgan fingerprint density at radius 1 is 0.941 bits per heavy atom. The van der Waals surface area contributed by atoms with E-state index in [2.05, 4.69) is 15.6 Å². The summed E-state index contributed by atoms with van der Waals surface area (Å²) in [6.45, 7) is 1.85. The Morgan fingerprint density at radius 3 is 2.24 bits per heavy atom. The van der Waals surface area contributed by atoms with Gasteiger partial charge in [-0.3, -0.25) is 9.59 Å². The summed E-state index contributed by atoms with van der Waals surface area (Å²) >= 11 is 0. The molecule has 0 bridgehead atoms. The monoisotopic (exact) mass is 450 g/mol. The summed E-state index contributed by atoms with van der Waals surface area (Å²) in [7, 11) is 1.55. The second-order valence-electron chi connectivity index (χ2n) is 7.63. The van der Waals surface area contributed by atoms with Gasteiger partial charge in [0.05, 0.1) is 18.8 Å². The topological polar surface area (TPSA) is 104 Å². The zero-order valence-corrected chi connectivity index (χ0v) is 18.7. The maximum Gasteiger partial charge on any atom is 0.264 e. The molecule has 1 heterocycles. The summed E-state index contributed by atoms with van der Waals surface area (Å²) in [4.78, 5) is 30.3. The number of carbonyl (C=O) groups is 2. The van der Waals surface area contributed by atoms with E-state index in [-0.39, 0.29) is 29.1 Å². The van der Waals surface area contributed by atoms with Crippen LogP contribution < -0.4 is 15.4 Å². The number of benzene rings is 3. The lowest BCUT2D eigenvalue weighted by atomic mass is 10.0. The first-order valence-electron chi connectivity index (χ1n) is 10.7. The molecule has 0 radical (unpaired) electrons. The zero-order valence-electron chi connectivity index (χ0n) is 18.7. The second kappa shape index (κ2) is 9.84. The van der Waals surface area contributed by atoms with Gasteiger partial charge < -0.3 is 15.4 Å². The number of methoxy groups -OCH3 is 1. The molecular weight excluding hydrogens is 428 g/mol. The summed E-state index contributed by atoms with van der Waals surface area (Å²) < 4.78 is 5.13. The molecule has 4 rings (SSSR count).